The third-order valence-corrected chi connectivity index (χ3v) is 6.77. The molecule has 2 heterocycles. The summed E-state index contributed by atoms with van der Waals surface area (Å²) >= 11 is 1.31. The van der Waals surface area contributed by atoms with E-state index in [-0.39, 0.29) is 23.3 Å². The Balaban J connectivity index is 1.44. The molecule has 5 rings (SSSR count). The fraction of sp³-hybridized carbons (Fsp3) is 0.240. The molecule has 2 aromatic heterocycles. The molecule has 32 heavy (non-hydrogen) atoms. The van der Waals surface area contributed by atoms with E-state index < -0.39 is 0 Å². The van der Waals surface area contributed by atoms with Crippen molar-refractivity contribution in [3.63, 3.8) is 0 Å². The van der Waals surface area contributed by atoms with Crippen LogP contribution in [0, 0.1) is 13.8 Å². The lowest BCUT2D eigenvalue weighted by atomic mass is 10.1. The van der Waals surface area contributed by atoms with Crippen molar-refractivity contribution in [1.82, 2.24) is 14.5 Å². The van der Waals surface area contributed by atoms with Crippen LogP contribution in [0.4, 0.5) is 5.69 Å². The summed E-state index contributed by atoms with van der Waals surface area (Å²) in [6.45, 7) is 4.06. The number of fused-ring (bicyclic) bond motifs is 1. The third-order valence-electron chi connectivity index (χ3n) is 5.82. The van der Waals surface area contributed by atoms with Crippen molar-refractivity contribution in [1.29, 1.82) is 0 Å². The van der Waals surface area contributed by atoms with Crippen LogP contribution in [0.5, 0.6) is 0 Å². The lowest BCUT2D eigenvalue weighted by molar-refractivity contribution is -0.113. The van der Waals surface area contributed by atoms with Crippen molar-refractivity contribution in [2.45, 2.75) is 37.9 Å². The van der Waals surface area contributed by atoms with Crippen LogP contribution in [0.1, 0.15) is 30.0 Å². The van der Waals surface area contributed by atoms with E-state index in [9.17, 15) is 9.59 Å². The number of carbonyl (C=O) groups excluding carboxylic acids is 1. The summed E-state index contributed by atoms with van der Waals surface area (Å²) < 4.78 is 1.75. The van der Waals surface area contributed by atoms with Crippen LogP contribution in [0.25, 0.3) is 22.2 Å². The smallest absolute Gasteiger partial charge is 0.278 e. The van der Waals surface area contributed by atoms with Gasteiger partial charge in [0.05, 0.1) is 5.75 Å². The van der Waals surface area contributed by atoms with Crippen LogP contribution in [0.15, 0.2) is 64.7 Å². The van der Waals surface area contributed by atoms with Gasteiger partial charge < -0.3 is 10.3 Å². The molecule has 6 nitrogen and oxygen atoms in total. The molecule has 1 fully saturated rings. The molecular weight excluding hydrogens is 420 g/mol. The van der Waals surface area contributed by atoms with Gasteiger partial charge in [-0.05, 0) is 55.5 Å². The van der Waals surface area contributed by atoms with Gasteiger partial charge in [0.1, 0.15) is 11.0 Å². The molecule has 0 bridgehead atoms. The lowest BCUT2D eigenvalue weighted by Crippen LogP contribution is -2.23. The number of aromatic amines is 1. The molecule has 1 aliphatic carbocycles. The highest BCUT2D eigenvalue weighted by Crippen LogP contribution is 2.37. The van der Waals surface area contributed by atoms with Crippen LogP contribution in [0.2, 0.25) is 0 Å². The Hall–Kier alpha value is -3.32. The highest BCUT2D eigenvalue weighted by atomic mass is 32.2. The highest BCUT2D eigenvalue weighted by molar-refractivity contribution is 7.99. The SMILES string of the molecule is Cc1ccc(NC(=O)CSc2nc3c(-c4ccccc4)c[nH]c3c(=O)n2C2CC2)cc1C. The highest BCUT2D eigenvalue weighted by Gasteiger charge is 2.29. The minimum absolute atomic E-state index is 0.0725. The van der Waals surface area contributed by atoms with E-state index in [2.05, 4.69) is 10.3 Å². The average molecular weight is 445 g/mol. The van der Waals surface area contributed by atoms with E-state index in [0.717, 1.165) is 35.2 Å². The number of aryl methyl sites for hydroxylation is 2. The largest absolute Gasteiger partial charge is 0.355 e. The Morgan fingerprint density at radius 1 is 1.16 bits per heavy atom. The van der Waals surface area contributed by atoms with E-state index in [1.807, 2.05) is 68.6 Å². The fourth-order valence-corrected chi connectivity index (χ4v) is 4.65. The van der Waals surface area contributed by atoms with Crippen LogP contribution < -0.4 is 10.9 Å². The minimum Gasteiger partial charge on any atom is -0.355 e. The Morgan fingerprint density at radius 3 is 2.66 bits per heavy atom. The maximum atomic E-state index is 13.3. The number of anilines is 1. The van der Waals surface area contributed by atoms with Crippen molar-refractivity contribution in [2.24, 2.45) is 0 Å². The monoisotopic (exact) mass is 444 g/mol. The van der Waals surface area contributed by atoms with Crippen LogP contribution in [-0.2, 0) is 4.79 Å². The zero-order valence-electron chi connectivity index (χ0n) is 18.0. The molecule has 2 aromatic carbocycles. The number of aromatic nitrogens is 3. The molecule has 0 aliphatic heterocycles. The van der Waals surface area contributed by atoms with Crippen LogP contribution >= 0.6 is 11.8 Å². The summed E-state index contributed by atoms with van der Waals surface area (Å²) in [4.78, 5) is 33.9. The van der Waals surface area contributed by atoms with Crippen molar-refractivity contribution in [2.75, 3.05) is 11.1 Å². The summed E-state index contributed by atoms with van der Waals surface area (Å²) in [6, 6.07) is 15.9. The second kappa shape index (κ2) is 8.31. The maximum Gasteiger partial charge on any atom is 0.278 e. The first-order valence-corrected chi connectivity index (χ1v) is 11.7. The summed E-state index contributed by atoms with van der Waals surface area (Å²) in [6.07, 6.45) is 3.76. The zero-order chi connectivity index (χ0) is 22.2. The zero-order valence-corrected chi connectivity index (χ0v) is 18.8. The van der Waals surface area contributed by atoms with Gasteiger partial charge in [-0.15, -0.1) is 0 Å². The number of amides is 1. The second-order valence-corrected chi connectivity index (χ2v) is 9.17. The number of carbonyl (C=O) groups is 1. The predicted molar refractivity (Wildman–Crippen MR) is 129 cm³/mol. The molecule has 1 amide bonds. The number of H-pyrrole nitrogens is 1. The molecule has 0 unspecified atom stereocenters. The standard InChI is InChI=1S/C25H24N4O2S/c1-15-8-9-18(12-16(15)2)27-21(30)14-32-25-28-22-20(17-6-4-3-5-7-17)13-26-23(22)24(31)29(25)19-10-11-19/h3-9,12-13,19,26H,10-11,14H2,1-2H3,(H,27,30). The predicted octanol–water partition coefficient (Wildman–Crippen LogP) is 5.07. The summed E-state index contributed by atoms with van der Waals surface area (Å²) in [5, 5.41) is 3.54. The van der Waals surface area contributed by atoms with E-state index >= 15 is 0 Å². The van der Waals surface area contributed by atoms with Gasteiger partial charge in [-0.2, -0.15) is 0 Å². The summed E-state index contributed by atoms with van der Waals surface area (Å²) in [5.74, 6) is 0.0650. The van der Waals surface area contributed by atoms with Gasteiger partial charge in [-0.25, -0.2) is 4.98 Å². The quantitative estimate of drug-likeness (QED) is 0.321. The normalized spacial score (nSPS) is 13.4. The van der Waals surface area contributed by atoms with Crippen LogP contribution in [0.3, 0.4) is 0 Å². The Kier molecular flexibility index (Phi) is 5.35. The Bertz CT molecular complexity index is 1370. The molecule has 0 radical (unpaired) electrons. The molecule has 0 atom stereocenters. The number of hydrogen-bond acceptors (Lipinski definition) is 4. The molecule has 7 heteroatoms. The number of hydrogen-bond donors (Lipinski definition) is 2. The number of nitrogens with one attached hydrogen (secondary N) is 2. The molecule has 0 saturated heterocycles. The topological polar surface area (TPSA) is 79.8 Å². The van der Waals surface area contributed by atoms with E-state index in [4.69, 9.17) is 4.98 Å². The van der Waals surface area contributed by atoms with Gasteiger partial charge in [0.25, 0.3) is 5.56 Å². The second-order valence-electron chi connectivity index (χ2n) is 8.23. The van der Waals surface area contributed by atoms with Gasteiger partial charge in [0.15, 0.2) is 5.16 Å². The average Bonchev–Trinajstić information content (AvgIpc) is 3.53. The van der Waals surface area contributed by atoms with Crippen molar-refractivity contribution >= 4 is 34.4 Å². The first kappa shape index (κ1) is 20.6. The van der Waals surface area contributed by atoms with E-state index in [1.165, 1.54) is 17.3 Å². The van der Waals surface area contributed by atoms with Crippen molar-refractivity contribution in [3.8, 4) is 11.1 Å². The number of nitrogens with zero attached hydrogens (tertiary/aromatic N) is 2. The summed E-state index contributed by atoms with van der Waals surface area (Å²) in [7, 11) is 0. The Labute approximate surface area is 190 Å². The van der Waals surface area contributed by atoms with Crippen molar-refractivity contribution < 1.29 is 4.79 Å². The van der Waals surface area contributed by atoms with E-state index in [1.54, 1.807) is 4.57 Å². The first-order chi connectivity index (χ1) is 15.5. The maximum absolute atomic E-state index is 13.3. The van der Waals surface area contributed by atoms with Gasteiger partial charge in [-0.3, -0.25) is 14.2 Å². The minimum atomic E-state index is -0.118. The number of benzene rings is 2. The van der Waals surface area contributed by atoms with Gasteiger partial charge in [0, 0.05) is 23.5 Å². The molecule has 4 aromatic rings. The lowest BCUT2D eigenvalue weighted by Gasteiger charge is -2.12. The van der Waals surface area contributed by atoms with Crippen molar-refractivity contribution in [3.05, 3.63) is 76.2 Å². The fourth-order valence-electron chi connectivity index (χ4n) is 3.79. The number of rotatable bonds is 6. The molecule has 1 aliphatic rings. The molecule has 1 saturated carbocycles. The number of thioether (sulfide) groups is 1. The molecule has 0 spiro atoms. The first-order valence-electron chi connectivity index (χ1n) is 10.7. The molecule has 2 N–H and O–H groups in total. The third kappa shape index (κ3) is 3.96. The molecular formula is C25H24N4O2S. The Morgan fingerprint density at radius 2 is 1.94 bits per heavy atom. The summed E-state index contributed by atoms with van der Waals surface area (Å²) in [5.41, 5.74) is 6.07. The van der Waals surface area contributed by atoms with Crippen LogP contribution in [-0.4, -0.2) is 26.2 Å². The van der Waals surface area contributed by atoms with Gasteiger partial charge in [0.2, 0.25) is 5.91 Å². The van der Waals surface area contributed by atoms with E-state index in [0.29, 0.717) is 16.2 Å². The van der Waals surface area contributed by atoms with Gasteiger partial charge >= 0.3 is 0 Å². The van der Waals surface area contributed by atoms with Gasteiger partial charge in [-0.1, -0.05) is 48.2 Å². The molecule has 162 valence electrons.